The van der Waals surface area contributed by atoms with Crippen LogP contribution in [0.1, 0.15) is 110 Å². The van der Waals surface area contributed by atoms with Gasteiger partial charge >= 0.3 is 0 Å². The summed E-state index contributed by atoms with van der Waals surface area (Å²) in [6, 6.07) is -1.03. The summed E-state index contributed by atoms with van der Waals surface area (Å²) in [5.41, 5.74) is 0. The lowest BCUT2D eigenvalue weighted by molar-refractivity contribution is -0.379. The molecule has 12 N–H and O–H groups in total. The van der Waals surface area contributed by atoms with Gasteiger partial charge in [-0.3, -0.25) is 4.79 Å². The number of aliphatic hydroxyl groups excluding tert-OH is 11. The van der Waals surface area contributed by atoms with Crippen LogP contribution in [0, 0.1) is 0 Å². The third-order valence-corrected chi connectivity index (χ3v) is 12.6. The minimum Gasteiger partial charge on any atom is -0.394 e. The Morgan fingerprint density at radius 2 is 0.946 bits per heavy atom. The lowest BCUT2D eigenvalue weighted by Crippen LogP contribution is -2.66. The Morgan fingerprint density at radius 3 is 1.47 bits per heavy atom. The minimum absolute atomic E-state index is 0.104. The third kappa shape index (κ3) is 23.1. The van der Waals surface area contributed by atoms with Crippen molar-refractivity contribution in [3.05, 3.63) is 97.2 Å². The summed E-state index contributed by atoms with van der Waals surface area (Å²) in [4.78, 5) is 13.2. The van der Waals surface area contributed by atoms with E-state index in [0.29, 0.717) is 19.3 Å². The van der Waals surface area contributed by atoms with E-state index in [1.165, 1.54) is 19.3 Å². The highest BCUT2D eigenvalue weighted by Crippen LogP contribution is 2.33. The first-order valence-electron chi connectivity index (χ1n) is 26.5. The van der Waals surface area contributed by atoms with Gasteiger partial charge in [-0.05, 0) is 70.6 Å². The monoisotopic (exact) mass is 1050 g/mol. The van der Waals surface area contributed by atoms with Crippen molar-refractivity contribution in [2.75, 3.05) is 26.4 Å². The molecule has 17 unspecified atom stereocenters. The van der Waals surface area contributed by atoms with E-state index in [1.54, 1.807) is 12.2 Å². The van der Waals surface area contributed by atoms with E-state index < -0.39 is 131 Å². The lowest BCUT2D eigenvalue weighted by Gasteiger charge is -2.48. The number of ether oxygens (including phenoxy) is 6. The van der Waals surface area contributed by atoms with Gasteiger partial charge in [-0.15, -0.1) is 0 Å². The van der Waals surface area contributed by atoms with Crippen LogP contribution in [0.2, 0.25) is 0 Å². The molecule has 3 fully saturated rings. The molecule has 1 amide bonds. The highest BCUT2D eigenvalue weighted by molar-refractivity contribution is 5.76. The molecule has 0 spiro atoms. The second kappa shape index (κ2) is 38.3. The summed E-state index contributed by atoms with van der Waals surface area (Å²) in [6.45, 7) is 1.43. The van der Waals surface area contributed by atoms with E-state index in [2.05, 4.69) is 92.1 Å². The molecule has 0 bridgehead atoms. The molecule has 422 valence electrons. The molecule has 19 nitrogen and oxygen atoms in total. The van der Waals surface area contributed by atoms with Gasteiger partial charge in [0.05, 0.1) is 38.6 Å². The van der Waals surface area contributed by atoms with Crippen molar-refractivity contribution in [1.82, 2.24) is 5.32 Å². The highest BCUT2D eigenvalue weighted by Gasteiger charge is 2.53. The maximum atomic E-state index is 13.2. The van der Waals surface area contributed by atoms with Gasteiger partial charge in [0, 0.05) is 6.42 Å². The van der Waals surface area contributed by atoms with E-state index in [4.69, 9.17) is 28.4 Å². The summed E-state index contributed by atoms with van der Waals surface area (Å²) in [5.74, 6) is -0.376. The van der Waals surface area contributed by atoms with Crippen LogP contribution in [0.15, 0.2) is 97.2 Å². The molecule has 3 heterocycles. The van der Waals surface area contributed by atoms with Crippen LogP contribution in [0.3, 0.4) is 0 Å². The van der Waals surface area contributed by atoms with Gasteiger partial charge in [0.1, 0.15) is 73.2 Å². The molecule has 0 aliphatic carbocycles. The molecule has 74 heavy (non-hydrogen) atoms. The van der Waals surface area contributed by atoms with Crippen LogP contribution in [0.5, 0.6) is 0 Å². The van der Waals surface area contributed by atoms with Crippen molar-refractivity contribution < 1.29 is 89.4 Å². The van der Waals surface area contributed by atoms with E-state index in [9.17, 15) is 61.0 Å². The average Bonchev–Trinajstić information content (AvgIpc) is 3.40. The van der Waals surface area contributed by atoms with Crippen molar-refractivity contribution in [3.8, 4) is 0 Å². The lowest BCUT2D eigenvalue weighted by atomic mass is 9.96. The highest BCUT2D eigenvalue weighted by atomic mass is 16.8. The molecule has 3 rings (SSSR count). The van der Waals surface area contributed by atoms with Crippen LogP contribution in [-0.4, -0.2) is 193 Å². The van der Waals surface area contributed by atoms with E-state index in [0.717, 1.165) is 51.4 Å². The zero-order valence-electron chi connectivity index (χ0n) is 43.3. The summed E-state index contributed by atoms with van der Waals surface area (Å²) >= 11 is 0. The van der Waals surface area contributed by atoms with Crippen LogP contribution < -0.4 is 5.32 Å². The molecule has 0 radical (unpaired) electrons. The summed E-state index contributed by atoms with van der Waals surface area (Å²) in [7, 11) is 0. The fourth-order valence-electron chi connectivity index (χ4n) is 8.23. The SMILES string of the molecule is CC/C=C\C/C=C\C/C=C\C/C=C\C/C=C\C/C=C\CCC(=O)NC(COC1OC(CO)C(OC2OC(CO)C(OC3OC(CO)C(O)C(O)C3O)C(O)C2O)C(O)C1O)C(O)/C=C/CC/C=C/CCCCCC. The number of carbonyl (C=O) groups is 1. The Hall–Kier alpha value is -3.29. The quantitative estimate of drug-likeness (QED) is 0.0321. The number of hydrogen-bond donors (Lipinski definition) is 12. The summed E-state index contributed by atoms with van der Waals surface area (Å²) in [5, 5.41) is 119. The minimum atomic E-state index is -1.99. The number of amides is 1. The summed E-state index contributed by atoms with van der Waals surface area (Å²) in [6.07, 6.45) is 18.6. The van der Waals surface area contributed by atoms with Crippen LogP contribution >= 0.6 is 0 Å². The first-order valence-corrected chi connectivity index (χ1v) is 26.5. The largest absolute Gasteiger partial charge is 0.394 e. The zero-order chi connectivity index (χ0) is 54.1. The second-order valence-electron chi connectivity index (χ2n) is 18.6. The first kappa shape index (κ1) is 65.0. The normalized spacial score (nSPS) is 32.3. The number of hydrogen-bond acceptors (Lipinski definition) is 18. The molecule has 3 saturated heterocycles. The molecule has 3 aliphatic heterocycles. The standard InChI is InChI=1S/C55H89NO18/c1-3-5-7-9-11-13-15-16-17-18-19-20-21-22-23-25-27-29-31-33-43(61)56-38(39(60)32-30-28-26-24-14-12-10-8-6-4-2)37-69-53-49(67)46(64)51(41(35-58)71-53)74-55-50(68)47(65)52(42(36-59)72-55)73-54-48(66)45(63)44(62)40(34-57)70-54/h5,7,11,13-14,16-17,19-20,22-24,27,29-30,32,38-42,44-55,57-60,62-68H,3-4,6,8-10,12,15,18,21,25-26,28,31,33-37H2,1-2H3,(H,56,61)/b7-5-,13-11-,17-16-,20-19-,23-22-,24-14+,29-27-,32-30+. The molecule has 17 atom stereocenters. The molecule has 0 saturated carbocycles. The predicted molar refractivity (Wildman–Crippen MR) is 277 cm³/mol. The predicted octanol–water partition coefficient (Wildman–Crippen LogP) is 2.64. The Morgan fingerprint density at radius 1 is 0.500 bits per heavy atom. The van der Waals surface area contributed by atoms with Gasteiger partial charge in [-0.1, -0.05) is 130 Å². The van der Waals surface area contributed by atoms with Crippen molar-refractivity contribution in [3.63, 3.8) is 0 Å². The number of rotatable bonds is 35. The Balaban J connectivity index is 1.56. The molecule has 0 aromatic heterocycles. The summed E-state index contributed by atoms with van der Waals surface area (Å²) < 4.78 is 34.0. The average molecular weight is 1050 g/mol. The fraction of sp³-hybridized carbons (Fsp3) is 0.691. The van der Waals surface area contributed by atoms with Crippen LogP contribution in [0.25, 0.3) is 0 Å². The Kier molecular flexibility index (Phi) is 33.6. The van der Waals surface area contributed by atoms with E-state index >= 15 is 0 Å². The third-order valence-electron chi connectivity index (χ3n) is 12.6. The van der Waals surface area contributed by atoms with Gasteiger partial charge in [0.2, 0.25) is 5.91 Å². The van der Waals surface area contributed by atoms with Gasteiger partial charge in [-0.2, -0.15) is 0 Å². The Bertz CT molecular complexity index is 1730. The fourth-order valence-corrected chi connectivity index (χ4v) is 8.23. The molecule has 3 aliphatic rings. The van der Waals surface area contributed by atoms with Crippen molar-refractivity contribution in [1.29, 1.82) is 0 Å². The number of aliphatic hydroxyl groups is 11. The van der Waals surface area contributed by atoms with E-state index in [-0.39, 0.29) is 12.3 Å². The zero-order valence-corrected chi connectivity index (χ0v) is 43.3. The first-order chi connectivity index (χ1) is 35.8. The Labute approximate surface area is 437 Å². The molecular weight excluding hydrogens is 963 g/mol. The maximum absolute atomic E-state index is 13.2. The van der Waals surface area contributed by atoms with Gasteiger partial charge in [0.25, 0.3) is 0 Å². The van der Waals surface area contributed by atoms with Crippen molar-refractivity contribution >= 4 is 5.91 Å². The molecule has 19 heteroatoms. The topological polar surface area (TPSA) is 307 Å². The number of carbonyl (C=O) groups excluding carboxylic acids is 1. The second-order valence-corrected chi connectivity index (χ2v) is 18.6. The van der Waals surface area contributed by atoms with Crippen molar-refractivity contribution in [2.24, 2.45) is 0 Å². The molecule has 0 aromatic rings. The number of unbranched alkanes of at least 4 members (excludes halogenated alkanes) is 5. The van der Waals surface area contributed by atoms with Crippen molar-refractivity contribution in [2.45, 2.75) is 214 Å². The van der Waals surface area contributed by atoms with Crippen LogP contribution in [0.4, 0.5) is 0 Å². The number of allylic oxidation sites excluding steroid dienone is 15. The van der Waals surface area contributed by atoms with Gasteiger partial charge < -0.3 is 89.9 Å². The van der Waals surface area contributed by atoms with Gasteiger partial charge in [0.15, 0.2) is 18.9 Å². The van der Waals surface area contributed by atoms with Gasteiger partial charge in [-0.25, -0.2) is 0 Å². The maximum Gasteiger partial charge on any atom is 0.220 e. The molecule has 0 aromatic carbocycles. The molecular formula is C55H89NO18. The smallest absolute Gasteiger partial charge is 0.220 e. The number of nitrogens with one attached hydrogen (secondary N) is 1. The van der Waals surface area contributed by atoms with E-state index in [1.807, 2.05) is 12.2 Å². The van der Waals surface area contributed by atoms with Crippen LogP contribution in [-0.2, 0) is 33.2 Å².